The van der Waals surface area contributed by atoms with Crippen LogP contribution in [0.5, 0.6) is 11.5 Å². The Morgan fingerprint density at radius 2 is 1.78 bits per heavy atom. The average Bonchev–Trinajstić information content (AvgIpc) is 2.68. The maximum atomic E-state index is 13.2. The molecule has 2 aromatic carbocycles. The first-order valence-electron chi connectivity index (χ1n) is 8.77. The van der Waals surface area contributed by atoms with Crippen molar-refractivity contribution in [3.8, 4) is 28.4 Å². The molecule has 1 aliphatic carbocycles. The van der Waals surface area contributed by atoms with Crippen molar-refractivity contribution in [3.05, 3.63) is 75.6 Å². The molecule has 0 aliphatic heterocycles. The minimum absolute atomic E-state index is 0.163. The van der Waals surface area contributed by atoms with Crippen LogP contribution in [0.2, 0.25) is 0 Å². The van der Waals surface area contributed by atoms with Gasteiger partial charge in [0.05, 0.1) is 12.8 Å². The fourth-order valence-corrected chi connectivity index (χ4v) is 3.76. The monoisotopic (exact) mass is 361 g/mol. The molecule has 5 heteroatoms. The summed E-state index contributed by atoms with van der Waals surface area (Å²) in [6.07, 6.45) is 1.31. The van der Waals surface area contributed by atoms with Crippen molar-refractivity contribution in [2.24, 2.45) is 0 Å². The van der Waals surface area contributed by atoms with E-state index >= 15 is 0 Å². The zero-order valence-corrected chi connectivity index (χ0v) is 15.2. The van der Waals surface area contributed by atoms with E-state index in [4.69, 9.17) is 4.74 Å². The number of methoxy groups -OCH3 is 1. The fourth-order valence-electron chi connectivity index (χ4n) is 3.76. The molecule has 5 nitrogen and oxygen atoms in total. The molecular weight excluding hydrogens is 342 g/mol. The van der Waals surface area contributed by atoms with Crippen molar-refractivity contribution in [1.82, 2.24) is 4.57 Å². The Bertz CT molecular complexity index is 1110. The first-order valence-corrected chi connectivity index (χ1v) is 8.77. The van der Waals surface area contributed by atoms with Gasteiger partial charge in [0.15, 0.2) is 5.78 Å². The van der Waals surface area contributed by atoms with E-state index in [1.54, 1.807) is 31.4 Å². The number of hydrogen-bond donors (Lipinski definition) is 1. The number of benzene rings is 2. The molecule has 0 saturated heterocycles. The Morgan fingerprint density at radius 1 is 1.07 bits per heavy atom. The van der Waals surface area contributed by atoms with Gasteiger partial charge in [-0.25, -0.2) is 0 Å². The van der Waals surface area contributed by atoms with Gasteiger partial charge < -0.3 is 9.84 Å². The van der Waals surface area contributed by atoms with Crippen LogP contribution >= 0.6 is 0 Å². The van der Waals surface area contributed by atoms with Crippen LogP contribution in [0.25, 0.3) is 16.9 Å². The normalized spacial score (nSPS) is 12.2. The van der Waals surface area contributed by atoms with E-state index in [9.17, 15) is 14.7 Å². The van der Waals surface area contributed by atoms with Gasteiger partial charge in [-0.2, -0.15) is 0 Å². The van der Waals surface area contributed by atoms with E-state index in [1.165, 1.54) is 11.5 Å². The van der Waals surface area contributed by atoms with Crippen LogP contribution in [-0.4, -0.2) is 22.6 Å². The third-order valence-corrected chi connectivity index (χ3v) is 5.05. The Morgan fingerprint density at radius 3 is 2.44 bits per heavy atom. The Kier molecular flexibility index (Phi) is 4.07. The van der Waals surface area contributed by atoms with E-state index in [2.05, 4.69) is 0 Å². The number of fused-ring (bicyclic) bond motifs is 3. The molecule has 0 radical (unpaired) electrons. The standard InChI is InChI=1S/C22H19NO4/c1-13(24)19-21(25)18-12-7-14-5-3-4-6-17(14)20(18)23(22(19)26)15-8-10-16(27-2)11-9-15/h3-6,8-11,25H,7,12H2,1-2H3. The molecule has 1 aromatic heterocycles. The van der Waals surface area contributed by atoms with Crippen molar-refractivity contribution in [1.29, 1.82) is 0 Å². The third kappa shape index (κ3) is 2.63. The molecule has 1 N–H and O–H groups in total. The lowest BCUT2D eigenvalue weighted by atomic mass is 9.86. The van der Waals surface area contributed by atoms with Crippen molar-refractivity contribution in [2.75, 3.05) is 7.11 Å². The minimum Gasteiger partial charge on any atom is -0.507 e. The topological polar surface area (TPSA) is 68.5 Å². The number of carbonyl (C=O) groups is 1. The van der Waals surface area contributed by atoms with Gasteiger partial charge in [0.25, 0.3) is 5.56 Å². The van der Waals surface area contributed by atoms with E-state index < -0.39 is 11.3 Å². The van der Waals surface area contributed by atoms with Gasteiger partial charge in [-0.05, 0) is 49.6 Å². The highest BCUT2D eigenvalue weighted by Gasteiger charge is 2.28. The number of aromatic hydroxyl groups is 1. The third-order valence-electron chi connectivity index (χ3n) is 5.05. The van der Waals surface area contributed by atoms with Gasteiger partial charge in [-0.15, -0.1) is 0 Å². The summed E-state index contributed by atoms with van der Waals surface area (Å²) in [4.78, 5) is 25.3. The quantitative estimate of drug-likeness (QED) is 0.725. The Labute approximate surface area is 156 Å². The van der Waals surface area contributed by atoms with Crippen molar-refractivity contribution >= 4 is 5.78 Å². The van der Waals surface area contributed by atoms with E-state index in [-0.39, 0.29) is 11.3 Å². The summed E-state index contributed by atoms with van der Waals surface area (Å²) >= 11 is 0. The van der Waals surface area contributed by atoms with Gasteiger partial charge in [-0.1, -0.05) is 24.3 Å². The van der Waals surface area contributed by atoms with E-state index in [0.29, 0.717) is 29.1 Å². The maximum Gasteiger partial charge on any atom is 0.270 e. The molecule has 0 atom stereocenters. The molecule has 0 amide bonds. The molecule has 3 aromatic rings. The smallest absolute Gasteiger partial charge is 0.270 e. The van der Waals surface area contributed by atoms with E-state index in [0.717, 1.165) is 17.5 Å². The lowest BCUT2D eigenvalue weighted by molar-refractivity contribution is 0.101. The first kappa shape index (κ1) is 17.1. The van der Waals surface area contributed by atoms with Crippen LogP contribution in [0, 0.1) is 0 Å². The molecular formula is C22H19NO4. The molecule has 1 aliphatic rings. The summed E-state index contributed by atoms with van der Waals surface area (Å²) in [5, 5.41) is 10.7. The van der Waals surface area contributed by atoms with Gasteiger partial charge >= 0.3 is 0 Å². The highest BCUT2D eigenvalue weighted by molar-refractivity contribution is 5.98. The van der Waals surface area contributed by atoms with Gasteiger partial charge in [-0.3, -0.25) is 14.2 Å². The van der Waals surface area contributed by atoms with Gasteiger partial charge in [0.1, 0.15) is 17.1 Å². The lowest BCUT2D eigenvalue weighted by Crippen LogP contribution is -2.29. The number of aryl methyl sites for hydroxylation is 1. The molecule has 0 fully saturated rings. The lowest BCUT2D eigenvalue weighted by Gasteiger charge is -2.26. The Balaban J connectivity index is 2.12. The van der Waals surface area contributed by atoms with Crippen LogP contribution in [0.15, 0.2) is 53.3 Å². The summed E-state index contributed by atoms with van der Waals surface area (Å²) < 4.78 is 6.73. The van der Waals surface area contributed by atoms with Crippen LogP contribution in [-0.2, 0) is 12.8 Å². The molecule has 0 unspecified atom stereocenters. The molecule has 136 valence electrons. The highest BCUT2D eigenvalue weighted by Crippen LogP contribution is 2.39. The predicted octanol–water partition coefficient (Wildman–Crippen LogP) is 3.52. The number of ketones is 1. The fraction of sp³-hybridized carbons (Fsp3) is 0.182. The largest absolute Gasteiger partial charge is 0.507 e. The zero-order chi connectivity index (χ0) is 19.1. The highest BCUT2D eigenvalue weighted by atomic mass is 16.5. The number of rotatable bonds is 3. The molecule has 27 heavy (non-hydrogen) atoms. The first-order chi connectivity index (χ1) is 13.0. The number of nitrogens with zero attached hydrogens (tertiary/aromatic N) is 1. The van der Waals surface area contributed by atoms with Gasteiger partial charge in [0.2, 0.25) is 0 Å². The summed E-state index contributed by atoms with van der Waals surface area (Å²) in [6.45, 7) is 1.30. The van der Waals surface area contributed by atoms with Crippen LogP contribution in [0.1, 0.15) is 28.4 Å². The molecule has 0 spiro atoms. The number of carbonyl (C=O) groups excluding carboxylic acids is 1. The van der Waals surface area contributed by atoms with Crippen LogP contribution in [0.4, 0.5) is 0 Å². The molecule has 0 saturated carbocycles. The van der Waals surface area contributed by atoms with Crippen molar-refractivity contribution in [2.45, 2.75) is 19.8 Å². The molecule has 4 rings (SSSR count). The number of aromatic nitrogens is 1. The summed E-state index contributed by atoms with van der Waals surface area (Å²) in [5.41, 5.74) is 3.24. The van der Waals surface area contributed by atoms with Crippen LogP contribution in [0.3, 0.4) is 0 Å². The number of ether oxygens (including phenoxy) is 1. The summed E-state index contributed by atoms with van der Waals surface area (Å²) in [6, 6.07) is 14.9. The number of Topliss-reactive ketones (excluding diaryl/α,β-unsaturated/α-hetero) is 1. The SMILES string of the molecule is COc1ccc(-n2c3c(c(O)c(C(C)=O)c2=O)CCc2ccccc2-3)cc1. The predicted molar refractivity (Wildman–Crippen MR) is 103 cm³/mol. The number of hydrogen-bond acceptors (Lipinski definition) is 4. The minimum atomic E-state index is -0.513. The van der Waals surface area contributed by atoms with Crippen molar-refractivity contribution in [3.63, 3.8) is 0 Å². The van der Waals surface area contributed by atoms with Gasteiger partial charge in [0, 0.05) is 16.8 Å². The molecule has 1 heterocycles. The second-order valence-electron chi connectivity index (χ2n) is 6.60. The summed E-state index contributed by atoms with van der Waals surface area (Å²) in [7, 11) is 1.58. The average molecular weight is 361 g/mol. The van der Waals surface area contributed by atoms with Crippen LogP contribution < -0.4 is 10.3 Å². The van der Waals surface area contributed by atoms with E-state index in [1.807, 2.05) is 24.3 Å². The number of pyridine rings is 1. The van der Waals surface area contributed by atoms with Crippen molar-refractivity contribution < 1.29 is 14.6 Å². The second kappa shape index (κ2) is 6.43. The second-order valence-corrected chi connectivity index (χ2v) is 6.60. The Hall–Kier alpha value is -3.34. The molecule has 0 bridgehead atoms. The summed E-state index contributed by atoms with van der Waals surface area (Å²) in [5.74, 6) is 0.0369. The maximum absolute atomic E-state index is 13.2. The zero-order valence-electron chi connectivity index (χ0n) is 15.2.